The van der Waals surface area contributed by atoms with Crippen molar-refractivity contribution in [1.29, 1.82) is 0 Å². The number of rotatable bonds is 8. The molecular weight excluding hydrogens is 404 g/mol. The van der Waals surface area contributed by atoms with Gasteiger partial charge in [-0.1, -0.05) is 30.7 Å². The third kappa shape index (κ3) is 5.77. The molecule has 1 N–H and O–H groups in total. The second-order valence-electron chi connectivity index (χ2n) is 6.24. The zero-order valence-electron chi connectivity index (χ0n) is 16.1. The van der Waals surface area contributed by atoms with Crippen molar-refractivity contribution in [3.05, 3.63) is 47.4 Å². The Morgan fingerprint density at radius 3 is 2.69 bits per heavy atom. The number of benzene rings is 1. The molecule has 0 saturated carbocycles. The van der Waals surface area contributed by atoms with Crippen LogP contribution >= 0.6 is 11.6 Å². The van der Waals surface area contributed by atoms with E-state index < -0.39 is 17.7 Å². The smallest absolute Gasteiger partial charge is 0.273 e. The van der Waals surface area contributed by atoms with Crippen LogP contribution in [-0.2, 0) is 15.5 Å². The molecule has 0 aliphatic rings. The van der Waals surface area contributed by atoms with Crippen molar-refractivity contribution in [2.45, 2.75) is 33.1 Å². The highest BCUT2D eigenvalue weighted by Gasteiger charge is 2.29. The molecule has 1 heterocycles. The van der Waals surface area contributed by atoms with Gasteiger partial charge in [0.25, 0.3) is 5.92 Å². The Kier molecular flexibility index (Phi) is 7.33. The first-order valence-electron chi connectivity index (χ1n) is 8.74. The van der Waals surface area contributed by atoms with E-state index in [4.69, 9.17) is 11.6 Å². The van der Waals surface area contributed by atoms with E-state index in [9.17, 15) is 18.4 Å². The van der Waals surface area contributed by atoms with Crippen LogP contribution in [0.1, 0.15) is 32.8 Å². The minimum Gasteiger partial charge on any atom is -0.326 e. The average molecular weight is 424 g/mol. The Hall–Kier alpha value is -2.94. The van der Waals surface area contributed by atoms with Crippen LogP contribution in [0.4, 0.5) is 20.3 Å². The molecule has 0 saturated heterocycles. The van der Waals surface area contributed by atoms with Gasteiger partial charge in [-0.15, -0.1) is 0 Å². The molecule has 0 bridgehead atoms. The zero-order valence-corrected chi connectivity index (χ0v) is 16.8. The van der Waals surface area contributed by atoms with E-state index >= 15 is 0 Å². The highest BCUT2D eigenvalue weighted by atomic mass is 35.5. The number of carbonyl (C=O) groups is 2. The molecule has 1 aromatic heterocycles. The lowest BCUT2D eigenvalue weighted by molar-refractivity contribution is -0.117. The summed E-state index contributed by atoms with van der Waals surface area (Å²) in [5, 5.41) is 7.75. The van der Waals surface area contributed by atoms with Crippen molar-refractivity contribution < 1.29 is 18.4 Å². The highest BCUT2D eigenvalue weighted by molar-refractivity contribution is 6.29. The van der Waals surface area contributed by atoms with E-state index in [1.165, 1.54) is 43.6 Å². The minimum absolute atomic E-state index is 0.130. The van der Waals surface area contributed by atoms with Crippen LogP contribution in [0, 0.1) is 5.92 Å². The second kappa shape index (κ2) is 9.51. The second-order valence-corrected chi connectivity index (χ2v) is 6.63. The molecule has 0 radical (unpaired) electrons. The van der Waals surface area contributed by atoms with E-state index in [0.717, 1.165) is 5.01 Å². The third-order valence-corrected chi connectivity index (χ3v) is 4.42. The number of hydrogen-bond acceptors (Lipinski definition) is 5. The summed E-state index contributed by atoms with van der Waals surface area (Å²) in [6.45, 7) is 4.53. The summed E-state index contributed by atoms with van der Waals surface area (Å²) in [5.74, 6) is -4.05. The van der Waals surface area contributed by atoms with Gasteiger partial charge in [0, 0.05) is 23.4 Å². The van der Waals surface area contributed by atoms with Crippen LogP contribution in [0.2, 0.25) is 5.15 Å². The van der Waals surface area contributed by atoms with Gasteiger partial charge >= 0.3 is 0 Å². The zero-order chi connectivity index (χ0) is 21.6. The van der Waals surface area contributed by atoms with Crippen molar-refractivity contribution in [3.8, 4) is 0 Å². The number of halogens is 3. The van der Waals surface area contributed by atoms with E-state index in [2.05, 4.69) is 20.4 Å². The van der Waals surface area contributed by atoms with E-state index in [1.54, 1.807) is 13.8 Å². The largest absolute Gasteiger partial charge is 0.326 e. The summed E-state index contributed by atoms with van der Waals surface area (Å²) in [7, 11) is 0. The maximum atomic E-state index is 13.9. The minimum atomic E-state index is -2.98. The Bertz CT molecular complexity index is 906. The van der Waals surface area contributed by atoms with E-state index in [0.29, 0.717) is 12.1 Å². The maximum absolute atomic E-state index is 13.9. The fourth-order valence-corrected chi connectivity index (χ4v) is 2.38. The SMILES string of the molecule is CCC(F)(F)c1cccc(NC(=O)C(C)/C(C)=N\N(C=O)c2cnc(Cl)cn2)c1. The van der Waals surface area contributed by atoms with Crippen LogP contribution in [0.3, 0.4) is 0 Å². The lowest BCUT2D eigenvalue weighted by atomic mass is 10.0. The molecule has 10 heteroatoms. The molecule has 0 aliphatic heterocycles. The summed E-state index contributed by atoms with van der Waals surface area (Å²) >= 11 is 5.67. The van der Waals surface area contributed by atoms with Crippen LogP contribution < -0.4 is 10.3 Å². The fraction of sp³-hybridized carbons (Fsp3) is 0.316. The first-order valence-corrected chi connectivity index (χ1v) is 9.12. The van der Waals surface area contributed by atoms with Crippen molar-refractivity contribution in [2.24, 2.45) is 11.0 Å². The molecule has 2 rings (SSSR count). The lowest BCUT2D eigenvalue weighted by Crippen LogP contribution is -2.28. The molecule has 0 spiro atoms. The molecule has 1 aromatic carbocycles. The summed E-state index contributed by atoms with van der Waals surface area (Å²) < 4.78 is 27.7. The molecule has 1 atom stereocenters. The Morgan fingerprint density at radius 2 is 2.10 bits per heavy atom. The van der Waals surface area contributed by atoms with Gasteiger partial charge < -0.3 is 5.32 Å². The first-order chi connectivity index (χ1) is 13.7. The van der Waals surface area contributed by atoms with Gasteiger partial charge in [0.1, 0.15) is 5.15 Å². The van der Waals surface area contributed by atoms with Crippen LogP contribution in [-0.4, -0.2) is 28.0 Å². The normalized spacial score (nSPS) is 13.0. The maximum Gasteiger partial charge on any atom is 0.273 e. The molecule has 2 aromatic rings. The van der Waals surface area contributed by atoms with Gasteiger partial charge in [0.15, 0.2) is 5.82 Å². The number of hydrazone groups is 1. The van der Waals surface area contributed by atoms with Crippen LogP contribution in [0.25, 0.3) is 0 Å². The quantitative estimate of drug-likeness (QED) is 0.390. The molecule has 1 unspecified atom stereocenters. The number of nitrogens with one attached hydrogen (secondary N) is 1. The number of nitrogens with zero attached hydrogens (tertiary/aromatic N) is 4. The molecular formula is C19H20ClF2N5O2. The summed E-state index contributed by atoms with van der Waals surface area (Å²) in [5.41, 5.74) is 0.377. The molecule has 7 nitrogen and oxygen atoms in total. The van der Waals surface area contributed by atoms with Crippen molar-refractivity contribution >= 4 is 41.1 Å². The Balaban J connectivity index is 2.14. The molecule has 2 amide bonds. The molecule has 154 valence electrons. The van der Waals surface area contributed by atoms with Gasteiger partial charge in [-0.3, -0.25) is 9.59 Å². The molecule has 0 aliphatic carbocycles. The number of hydrogen-bond donors (Lipinski definition) is 1. The average Bonchev–Trinajstić information content (AvgIpc) is 2.72. The van der Waals surface area contributed by atoms with Gasteiger partial charge in [-0.25, -0.2) is 18.7 Å². The number of carbonyl (C=O) groups excluding carboxylic acids is 2. The highest BCUT2D eigenvalue weighted by Crippen LogP contribution is 2.32. The number of alkyl halides is 2. The summed E-state index contributed by atoms with van der Waals surface area (Å²) in [4.78, 5) is 31.6. The lowest BCUT2D eigenvalue weighted by Gasteiger charge is -2.17. The first kappa shape index (κ1) is 22.4. The standard InChI is InChI=1S/C19H20ClF2N5O2/c1-4-19(21,22)14-6-5-7-15(8-14)25-18(29)12(2)13(3)26-27(11-28)17-10-23-16(20)9-24-17/h5-12H,4H2,1-3H3,(H,25,29)/b26-13-. The van der Waals surface area contributed by atoms with Crippen molar-refractivity contribution in [3.63, 3.8) is 0 Å². The summed E-state index contributed by atoms with van der Waals surface area (Å²) in [6, 6.07) is 5.52. The topological polar surface area (TPSA) is 87.5 Å². The predicted octanol–water partition coefficient (Wildman–Crippen LogP) is 4.25. The van der Waals surface area contributed by atoms with Crippen LogP contribution in [0.15, 0.2) is 41.8 Å². The third-order valence-electron chi connectivity index (χ3n) is 4.22. The number of amides is 2. The Labute approximate surface area is 171 Å². The van der Waals surface area contributed by atoms with Gasteiger partial charge in [-0.2, -0.15) is 10.1 Å². The van der Waals surface area contributed by atoms with Crippen molar-refractivity contribution in [2.75, 3.05) is 10.3 Å². The monoisotopic (exact) mass is 423 g/mol. The van der Waals surface area contributed by atoms with E-state index in [1.807, 2.05) is 0 Å². The van der Waals surface area contributed by atoms with Crippen molar-refractivity contribution in [1.82, 2.24) is 9.97 Å². The van der Waals surface area contributed by atoms with Gasteiger partial charge in [-0.05, 0) is 26.0 Å². The molecule has 29 heavy (non-hydrogen) atoms. The Morgan fingerprint density at radius 1 is 1.38 bits per heavy atom. The van der Waals surface area contributed by atoms with Gasteiger partial charge in [0.2, 0.25) is 12.3 Å². The van der Waals surface area contributed by atoms with E-state index in [-0.39, 0.29) is 28.6 Å². The molecule has 0 fully saturated rings. The predicted molar refractivity (Wildman–Crippen MR) is 107 cm³/mol. The number of aromatic nitrogens is 2. The summed E-state index contributed by atoms with van der Waals surface area (Å²) in [6.07, 6.45) is 2.59. The van der Waals surface area contributed by atoms with Gasteiger partial charge in [0.05, 0.1) is 18.3 Å². The van der Waals surface area contributed by atoms with Crippen LogP contribution in [0.5, 0.6) is 0 Å². The fourth-order valence-electron chi connectivity index (χ4n) is 2.28. The number of anilines is 2.